The third-order valence-corrected chi connectivity index (χ3v) is 3.86. The molecular formula is C12H14N4O2. The van der Waals surface area contributed by atoms with Crippen LogP contribution < -0.4 is 5.73 Å². The fourth-order valence-electron chi connectivity index (χ4n) is 2.92. The molecule has 1 saturated heterocycles. The highest BCUT2D eigenvalue weighted by atomic mass is 16.7. The number of nitrogens with two attached hydrogens (primary N) is 1. The molecule has 0 atom stereocenters. The van der Waals surface area contributed by atoms with Gasteiger partial charge in [-0.2, -0.15) is 5.10 Å². The lowest BCUT2D eigenvalue weighted by molar-refractivity contribution is -0.216. The van der Waals surface area contributed by atoms with Crippen molar-refractivity contribution in [2.24, 2.45) is 0 Å². The van der Waals surface area contributed by atoms with E-state index in [9.17, 15) is 0 Å². The van der Waals surface area contributed by atoms with Crippen molar-refractivity contribution in [1.29, 1.82) is 0 Å². The summed E-state index contributed by atoms with van der Waals surface area (Å²) in [5, 5.41) is 4.26. The topological polar surface area (TPSA) is 74.7 Å². The quantitative estimate of drug-likeness (QED) is 0.810. The molecule has 2 fully saturated rings. The van der Waals surface area contributed by atoms with Crippen molar-refractivity contribution in [2.75, 3.05) is 18.9 Å². The first-order chi connectivity index (χ1) is 8.77. The first-order valence-electron chi connectivity index (χ1n) is 6.13. The highest BCUT2D eigenvalue weighted by Crippen LogP contribution is 2.49. The predicted molar refractivity (Wildman–Crippen MR) is 64.0 cm³/mol. The molecule has 1 aliphatic carbocycles. The summed E-state index contributed by atoms with van der Waals surface area (Å²) in [6.07, 6.45) is 3.27. The number of hydrogen-bond donors (Lipinski definition) is 1. The second-order valence-electron chi connectivity index (χ2n) is 4.91. The average Bonchev–Trinajstić information content (AvgIpc) is 2.93. The molecule has 2 aromatic heterocycles. The maximum atomic E-state index is 5.82. The van der Waals surface area contributed by atoms with Gasteiger partial charge in [0.1, 0.15) is 11.8 Å². The zero-order valence-corrected chi connectivity index (χ0v) is 9.87. The lowest BCUT2D eigenvalue weighted by atomic mass is 9.77. The molecule has 0 amide bonds. The first kappa shape index (κ1) is 10.3. The molecule has 6 nitrogen and oxygen atoms in total. The minimum atomic E-state index is -0.326. The molecule has 2 aromatic rings. The maximum absolute atomic E-state index is 5.82. The van der Waals surface area contributed by atoms with E-state index in [1.54, 1.807) is 0 Å². The molecule has 0 bridgehead atoms. The van der Waals surface area contributed by atoms with Gasteiger partial charge in [0.25, 0.3) is 0 Å². The minimum Gasteiger partial charge on any atom is -0.382 e. The molecule has 18 heavy (non-hydrogen) atoms. The molecule has 2 aliphatic rings. The van der Waals surface area contributed by atoms with Crippen LogP contribution in [0.25, 0.3) is 5.52 Å². The van der Waals surface area contributed by atoms with Crippen LogP contribution in [-0.2, 0) is 9.47 Å². The summed E-state index contributed by atoms with van der Waals surface area (Å²) in [6.45, 7) is 1.41. The van der Waals surface area contributed by atoms with E-state index in [0.717, 1.165) is 24.1 Å². The van der Waals surface area contributed by atoms with Crippen LogP contribution in [0.3, 0.4) is 0 Å². The largest absolute Gasteiger partial charge is 0.382 e. The molecule has 0 unspecified atom stereocenters. The standard InChI is InChI=1S/C12H14N4O2/c13-11-10-2-1-9(16(10)15-7-14-11)8-5-12(6-8)17-3-4-18-12/h1-2,7-8H,3-6H2,(H2,13,14,15). The van der Waals surface area contributed by atoms with Crippen molar-refractivity contribution in [1.82, 2.24) is 14.6 Å². The highest BCUT2D eigenvalue weighted by Gasteiger charge is 2.50. The highest BCUT2D eigenvalue weighted by molar-refractivity contribution is 5.65. The first-order valence-corrected chi connectivity index (χ1v) is 6.13. The van der Waals surface area contributed by atoms with Crippen LogP contribution >= 0.6 is 0 Å². The summed E-state index contributed by atoms with van der Waals surface area (Å²) in [5.74, 6) is 0.603. The number of ether oxygens (including phenoxy) is 2. The molecule has 94 valence electrons. The van der Waals surface area contributed by atoms with Crippen LogP contribution in [0.4, 0.5) is 5.82 Å². The van der Waals surface area contributed by atoms with E-state index in [4.69, 9.17) is 15.2 Å². The third-order valence-electron chi connectivity index (χ3n) is 3.86. The predicted octanol–water partition coefficient (Wildman–Crippen LogP) is 0.932. The van der Waals surface area contributed by atoms with E-state index in [0.29, 0.717) is 24.9 Å². The summed E-state index contributed by atoms with van der Waals surface area (Å²) >= 11 is 0. The van der Waals surface area contributed by atoms with E-state index < -0.39 is 0 Å². The van der Waals surface area contributed by atoms with E-state index in [2.05, 4.69) is 16.1 Å². The van der Waals surface area contributed by atoms with Gasteiger partial charge in [0.05, 0.1) is 13.2 Å². The molecule has 0 radical (unpaired) electrons. The van der Waals surface area contributed by atoms with Crippen molar-refractivity contribution in [3.8, 4) is 0 Å². The van der Waals surface area contributed by atoms with Crippen molar-refractivity contribution in [3.63, 3.8) is 0 Å². The monoisotopic (exact) mass is 246 g/mol. The number of nitrogen functional groups attached to an aromatic ring is 1. The van der Waals surface area contributed by atoms with Gasteiger partial charge in [0.2, 0.25) is 0 Å². The summed E-state index contributed by atoms with van der Waals surface area (Å²) in [6, 6.07) is 4.03. The zero-order chi connectivity index (χ0) is 12.2. The Balaban J connectivity index is 1.67. The third kappa shape index (κ3) is 1.30. The molecule has 3 heterocycles. The number of fused-ring (bicyclic) bond motifs is 1. The van der Waals surface area contributed by atoms with Gasteiger partial charge in [-0.25, -0.2) is 9.50 Å². The fourth-order valence-corrected chi connectivity index (χ4v) is 2.92. The van der Waals surface area contributed by atoms with Gasteiger partial charge in [-0.15, -0.1) is 0 Å². The van der Waals surface area contributed by atoms with Crippen LogP contribution in [0, 0.1) is 0 Å². The SMILES string of the molecule is Nc1ncnn2c(C3CC4(C3)OCCO4)ccc12. The Labute approximate surface area is 104 Å². The van der Waals surface area contributed by atoms with Crippen molar-refractivity contribution < 1.29 is 9.47 Å². The number of aromatic nitrogens is 3. The Hall–Kier alpha value is -1.66. The Morgan fingerprint density at radius 2 is 2.06 bits per heavy atom. The lowest BCUT2D eigenvalue weighted by Crippen LogP contribution is -2.43. The number of nitrogens with zero attached hydrogens (tertiary/aromatic N) is 3. The lowest BCUT2D eigenvalue weighted by Gasteiger charge is -2.42. The maximum Gasteiger partial charge on any atom is 0.169 e. The van der Waals surface area contributed by atoms with Gasteiger partial charge in [-0.3, -0.25) is 0 Å². The number of anilines is 1. The molecule has 0 aromatic carbocycles. The Morgan fingerprint density at radius 3 is 2.83 bits per heavy atom. The summed E-state index contributed by atoms with van der Waals surface area (Å²) in [7, 11) is 0. The fraction of sp³-hybridized carbons (Fsp3) is 0.500. The van der Waals surface area contributed by atoms with Crippen LogP contribution in [0.5, 0.6) is 0 Å². The van der Waals surface area contributed by atoms with Gasteiger partial charge >= 0.3 is 0 Å². The summed E-state index contributed by atoms with van der Waals surface area (Å²) in [5.41, 5.74) is 7.84. The average molecular weight is 246 g/mol. The molecular weight excluding hydrogens is 232 g/mol. The molecule has 4 rings (SSSR count). The van der Waals surface area contributed by atoms with Crippen molar-refractivity contribution in [2.45, 2.75) is 24.5 Å². The second-order valence-corrected chi connectivity index (χ2v) is 4.91. The Bertz CT molecular complexity index is 595. The van der Waals surface area contributed by atoms with Crippen molar-refractivity contribution >= 4 is 11.3 Å². The van der Waals surface area contributed by atoms with Crippen LogP contribution in [0.15, 0.2) is 18.5 Å². The van der Waals surface area contributed by atoms with E-state index in [1.807, 2.05) is 10.6 Å². The van der Waals surface area contributed by atoms with Crippen molar-refractivity contribution in [3.05, 3.63) is 24.2 Å². The zero-order valence-electron chi connectivity index (χ0n) is 9.87. The van der Waals surface area contributed by atoms with Gasteiger partial charge in [-0.05, 0) is 12.1 Å². The molecule has 1 aliphatic heterocycles. The molecule has 2 N–H and O–H groups in total. The van der Waals surface area contributed by atoms with Gasteiger partial charge in [0, 0.05) is 24.5 Å². The van der Waals surface area contributed by atoms with E-state index in [-0.39, 0.29) is 5.79 Å². The number of hydrogen-bond acceptors (Lipinski definition) is 5. The van der Waals surface area contributed by atoms with E-state index >= 15 is 0 Å². The normalized spacial score (nSPS) is 22.7. The second kappa shape index (κ2) is 3.43. The number of rotatable bonds is 1. The van der Waals surface area contributed by atoms with Gasteiger partial charge < -0.3 is 15.2 Å². The van der Waals surface area contributed by atoms with Crippen LogP contribution in [-0.4, -0.2) is 33.6 Å². The van der Waals surface area contributed by atoms with Crippen LogP contribution in [0.2, 0.25) is 0 Å². The molecule has 1 saturated carbocycles. The summed E-state index contributed by atoms with van der Waals surface area (Å²) < 4.78 is 13.2. The minimum absolute atomic E-state index is 0.326. The van der Waals surface area contributed by atoms with E-state index in [1.165, 1.54) is 6.33 Å². The smallest absolute Gasteiger partial charge is 0.169 e. The molecule has 6 heteroatoms. The van der Waals surface area contributed by atoms with Gasteiger partial charge in [0.15, 0.2) is 11.6 Å². The Kier molecular flexibility index (Phi) is 1.96. The van der Waals surface area contributed by atoms with Crippen LogP contribution in [0.1, 0.15) is 24.5 Å². The summed E-state index contributed by atoms with van der Waals surface area (Å²) in [4.78, 5) is 3.99. The Morgan fingerprint density at radius 1 is 1.28 bits per heavy atom. The van der Waals surface area contributed by atoms with Gasteiger partial charge in [-0.1, -0.05) is 0 Å². The molecule has 1 spiro atoms.